The van der Waals surface area contributed by atoms with E-state index in [0.717, 1.165) is 6.42 Å². The highest BCUT2D eigenvalue weighted by atomic mass is 16.5. The van der Waals surface area contributed by atoms with Gasteiger partial charge in [0.15, 0.2) is 17.1 Å². The Labute approximate surface area is 138 Å². The molecule has 0 spiro atoms. The van der Waals surface area contributed by atoms with Crippen LogP contribution in [0.2, 0.25) is 0 Å². The minimum atomic E-state index is -0.934. The van der Waals surface area contributed by atoms with Crippen molar-refractivity contribution >= 4 is 11.6 Å². The summed E-state index contributed by atoms with van der Waals surface area (Å²) in [6, 6.07) is 3.58. The summed E-state index contributed by atoms with van der Waals surface area (Å²) in [5, 5.41) is 9.50. The van der Waals surface area contributed by atoms with Crippen LogP contribution in [-0.4, -0.2) is 29.8 Å². The molecule has 0 saturated carbocycles. The zero-order chi connectivity index (χ0) is 17.2. The Morgan fingerprint density at radius 1 is 1.35 bits per heavy atom. The number of fused-ring (bicyclic) bond motifs is 1. The van der Waals surface area contributed by atoms with E-state index in [4.69, 9.17) is 9.47 Å². The van der Waals surface area contributed by atoms with E-state index in [1.165, 1.54) is 0 Å². The van der Waals surface area contributed by atoms with Crippen molar-refractivity contribution in [3.63, 3.8) is 0 Å². The van der Waals surface area contributed by atoms with Crippen LogP contribution < -0.4 is 14.4 Å². The third-order valence-corrected chi connectivity index (χ3v) is 3.92. The van der Waals surface area contributed by atoms with Crippen molar-refractivity contribution < 1.29 is 19.4 Å². The van der Waals surface area contributed by atoms with Gasteiger partial charge in [0.25, 0.3) is 5.91 Å². The highest BCUT2D eigenvalue weighted by molar-refractivity contribution is 6.03. The van der Waals surface area contributed by atoms with Gasteiger partial charge in [-0.3, -0.25) is 4.79 Å². The minimum Gasteiger partial charge on any atom is -0.490 e. The third kappa shape index (κ3) is 3.61. The third-order valence-electron chi connectivity index (χ3n) is 3.92. The number of rotatable bonds is 6. The Hall–Kier alpha value is -1.75. The SMILES string of the molecule is CCOc1cc(CO)cc2c1OC(C)(C)C(=O)N2CCC(C)C. The van der Waals surface area contributed by atoms with Gasteiger partial charge in [0.2, 0.25) is 0 Å². The highest BCUT2D eigenvalue weighted by Crippen LogP contribution is 2.45. The van der Waals surface area contributed by atoms with Crippen LogP contribution in [0.1, 0.15) is 46.6 Å². The Kier molecular flexibility index (Phi) is 5.19. The van der Waals surface area contributed by atoms with Crippen molar-refractivity contribution in [2.75, 3.05) is 18.1 Å². The standard InChI is InChI=1S/C18H27NO4/c1-6-22-15-10-13(11-20)9-14-16(15)23-18(4,5)17(21)19(14)8-7-12(2)3/h9-10,12,20H,6-8,11H2,1-5H3. The lowest BCUT2D eigenvalue weighted by Crippen LogP contribution is -2.53. The summed E-state index contributed by atoms with van der Waals surface area (Å²) in [6.07, 6.45) is 0.897. The second-order valence-corrected chi connectivity index (χ2v) is 6.79. The van der Waals surface area contributed by atoms with Gasteiger partial charge in [-0.25, -0.2) is 0 Å². The molecule has 23 heavy (non-hydrogen) atoms. The average molecular weight is 321 g/mol. The molecular formula is C18H27NO4. The number of carbonyl (C=O) groups excluding carboxylic acids is 1. The molecule has 5 nitrogen and oxygen atoms in total. The number of ether oxygens (including phenoxy) is 2. The second kappa shape index (κ2) is 6.79. The molecule has 0 saturated heterocycles. The van der Waals surface area contributed by atoms with Crippen LogP contribution >= 0.6 is 0 Å². The number of aliphatic hydroxyl groups is 1. The molecule has 128 valence electrons. The van der Waals surface area contributed by atoms with E-state index >= 15 is 0 Å². The summed E-state index contributed by atoms with van der Waals surface area (Å²) in [6.45, 7) is 10.7. The van der Waals surface area contributed by atoms with Gasteiger partial charge < -0.3 is 19.5 Å². The molecular weight excluding hydrogens is 294 g/mol. The van der Waals surface area contributed by atoms with E-state index < -0.39 is 5.60 Å². The van der Waals surface area contributed by atoms with E-state index in [2.05, 4.69) is 13.8 Å². The molecule has 1 heterocycles. The van der Waals surface area contributed by atoms with E-state index in [0.29, 0.717) is 41.8 Å². The van der Waals surface area contributed by atoms with Gasteiger partial charge in [0.1, 0.15) is 0 Å². The summed E-state index contributed by atoms with van der Waals surface area (Å²) < 4.78 is 11.6. The van der Waals surface area contributed by atoms with Crippen molar-refractivity contribution in [3.8, 4) is 11.5 Å². The molecule has 1 N–H and O–H groups in total. The number of nitrogens with zero attached hydrogens (tertiary/aromatic N) is 1. The lowest BCUT2D eigenvalue weighted by molar-refractivity contribution is -0.132. The molecule has 0 atom stereocenters. The van der Waals surface area contributed by atoms with Crippen LogP contribution in [0.4, 0.5) is 5.69 Å². The maximum absolute atomic E-state index is 12.8. The van der Waals surface area contributed by atoms with Crippen LogP contribution in [0.3, 0.4) is 0 Å². The largest absolute Gasteiger partial charge is 0.490 e. The van der Waals surface area contributed by atoms with Gasteiger partial charge >= 0.3 is 0 Å². The lowest BCUT2D eigenvalue weighted by atomic mass is 10.0. The molecule has 0 aromatic heterocycles. The Morgan fingerprint density at radius 3 is 2.61 bits per heavy atom. The molecule has 0 aliphatic carbocycles. The second-order valence-electron chi connectivity index (χ2n) is 6.79. The molecule has 0 fully saturated rings. The van der Waals surface area contributed by atoms with E-state index in [1.807, 2.05) is 13.0 Å². The molecule has 1 aliphatic heterocycles. The van der Waals surface area contributed by atoms with Gasteiger partial charge in [-0.15, -0.1) is 0 Å². The van der Waals surface area contributed by atoms with E-state index in [9.17, 15) is 9.90 Å². The zero-order valence-corrected chi connectivity index (χ0v) is 14.7. The summed E-state index contributed by atoms with van der Waals surface area (Å²) in [7, 11) is 0. The summed E-state index contributed by atoms with van der Waals surface area (Å²) in [5.41, 5.74) is 0.458. The molecule has 1 aromatic carbocycles. The van der Waals surface area contributed by atoms with E-state index in [1.54, 1.807) is 24.8 Å². The monoisotopic (exact) mass is 321 g/mol. The number of hydrogen-bond donors (Lipinski definition) is 1. The van der Waals surface area contributed by atoms with Gasteiger partial charge in [0.05, 0.1) is 18.9 Å². The lowest BCUT2D eigenvalue weighted by Gasteiger charge is -2.40. The Balaban J connectivity index is 2.53. The maximum Gasteiger partial charge on any atom is 0.270 e. The average Bonchev–Trinajstić information content (AvgIpc) is 2.48. The first-order valence-electron chi connectivity index (χ1n) is 8.21. The number of amides is 1. The predicted octanol–water partition coefficient (Wildman–Crippen LogP) is 3.13. The first-order valence-corrected chi connectivity index (χ1v) is 8.21. The van der Waals surface area contributed by atoms with Gasteiger partial charge in [-0.1, -0.05) is 13.8 Å². The molecule has 0 unspecified atom stereocenters. The van der Waals surface area contributed by atoms with Crippen molar-refractivity contribution in [1.29, 1.82) is 0 Å². The number of anilines is 1. The van der Waals surface area contributed by atoms with Gasteiger partial charge in [-0.2, -0.15) is 0 Å². The normalized spacial score (nSPS) is 16.3. The fourth-order valence-corrected chi connectivity index (χ4v) is 2.64. The molecule has 2 rings (SSSR count). The zero-order valence-electron chi connectivity index (χ0n) is 14.7. The predicted molar refractivity (Wildman–Crippen MR) is 90.0 cm³/mol. The number of aliphatic hydroxyl groups excluding tert-OH is 1. The van der Waals surface area contributed by atoms with Crippen molar-refractivity contribution in [1.82, 2.24) is 0 Å². The first-order chi connectivity index (χ1) is 10.8. The first kappa shape index (κ1) is 17.6. The van der Waals surface area contributed by atoms with Crippen LogP contribution in [-0.2, 0) is 11.4 Å². The Bertz CT molecular complexity index is 581. The van der Waals surface area contributed by atoms with Crippen molar-refractivity contribution in [3.05, 3.63) is 17.7 Å². The molecule has 1 amide bonds. The summed E-state index contributed by atoms with van der Waals surface area (Å²) >= 11 is 0. The van der Waals surface area contributed by atoms with Crippen molar-refractivity contribution in [2.45, 2.75) is 53.2 Å². The molecule has 0 radical (unpaired) electrons. The summed E-state index contributed by atoms with van der Waals surface area (Å²) in [4.78, 5) is 14.6. The van der Waals surface area contributed by atoms with Gasteiger partial charge in [0, 0.05) is 6.54 Å². The number of hydrogen-bond acceptors (Lipinski definition) is 4. The van der Waals surface area contributed by atoms with Crippen LogP contribution in [0.25, 0.3) is 0 Å². The summed E-state index contributed by atoms with van der Waals surface area (Å²) in [5.74, 6) is 1.58. The Morgan fingerprint density at radius 2 is 2.04 bits per heavy atom. The van der Waals surface area contributed by atoms with Crippen LogP contribution in [0.5, 0.6) is 11.5 Å². The minimum absolute atomic E-state index is 0.0665. The molecule has 1 aliphatic rings. The van der Waals surface area contributed by atoms with E-state index in [-0.39, 0.29) is 12.5 Å². The smallest absolute Gasteiger partial charge is 0.270 e. The van der Waals surface area contributed by atoms with Gasteiger partial charge in [-0.05, 0) is 50.8 Å². The molecule has 5 heteroatoms. The van der Waals surface area contributed by atoms with Crippen LogP contribution in [0, 0.1) is 5.92 Å². The van der Waals surface area contributed by atoms with Crippen LogP contribution in [0.15, 0.2) is 12.1 Å². The molecule has 1 aromatic rings. The number of carbonyl (C=O) groups is 1. The quantitative estimate of drug-likeness (QED) is 0.874. The molecule has 0 bridgehead atoms. The highest BCUT2D eigenvalue weighted by Gasteiger charge is 2.42. The fourth-order valence-electron chi connectivity index (χ4n) is 2.64. The van der Waals surface area contributed by atoms with Crippen molar-refractivity contribution in [2.24, 2.45) is 5.92 Å². The fraction of sp³-hybridized carbons (Fsp3) is 0.611. The topological polar surface area (TPSA) is 59.0 Å². The number of benzene rings is 1. The maximum atomic E-state index is 12.8.